The van der Waals surface area contributed by atoms with Crippen molar-refractivity contribution in [3.63, 3.8) is 0 Å². The Labute approximate surface area is 162 Å². The van der Waals surface area contributed by atoms with Gasteiger partial charge in [-0.1, -0.05) is 49.4 Å². The van der Waals surface area contributed by atoms with Gasteiger partial charge in [-0.3, -0.25) is 0 Å². The minimum atomic E-state index is -0.326. The molecular formula is C23H31NO3. The summed E-state index contributed by atoms with van der Waals surface area (Å²) in [6.07, 6.45) is 11.0. The van der Waals surface area contributed by atoms with E-state index in [2.05, 4.69) is 42.6 Å². The average Bonchev–Trinajstić information content (AvgIpc) is 3.03. The number of carbonyl (C=O) groups is 1. The van der Waals surface area contributed by atoms with Crippen molar-refractivity contribution >= 4 is 6.09 Å². The van der Waals surface area contributed by atoms with Crippen molar-refractivity contribution in [1.29, 1.82) is 0 Å². The fourth-order valence-electron chi connectivity index (χ4n) is 4.26. The second-order valence-corrected chi connectivity index (χ2v) is 7.97. The molecule has 1 amide bonds. The number of hydrogen-bond acceptors (Lipinski definition) is 3. The molecule has 0 fully saturated rings. The van der Waals surface area contributed by atoms with Gasteiger partial charge in [-0.25, -0.2) is 4.79 Å². The van der Waals surface area contributed by atoms with Crippen molar-refractivity contribution in [1.82, 2.24) is 5.32 Å². The first-order chi connectivity index (χ1) is 13.1. The number of allylic oxidation sites excluding steroid dienone is 3. The standard InChI is InChI=1S/C23H31NO3/c1-18-8-3-4-11-21(18)16-27-22(25)24-13-7-12-23(17-26-2)14-19-9-5-6-10-20(19)15-23/h3-6,9-11,18H,7-8,12-17H2,1-2H3,(H,24,25). The van der Waals surface area contributed by atoms with Crippen molar-refractivity contribution in [3.8, 4) is 0 Å². The quantitative estimate of drug-likeness (QED) is 0.689. The summed E-state index contributed by atoms with van der Waals surface area (Å²) < 4.78 is 10.9. The second kappa shape index (κ2) is 9.23. The third-order valence-electron chi connectivity index (χ3n) is 5.79. The van der Waals surface area contributed by atoms with E-state index in [9.17, 15) is 4.79 Å². The minimum Gasteiger partial charge on any atom is -0.445 e. The second-order valence-electron chi connectivity index (χ2n) is 7.97. The number of alkyl carbamates (subject to hydrolysis) is 1. The van der Waals surface area contributed by atoms with Gasteiger partial charge in [0, 0.05) is 19.1 Å². The molecule has 3 rings (SSSR count). The van der Waals surface area contributed by atoms with Crippen LogP contribution in [-0.2, 0) is 22.3 Å². The predicted molar refractivity (Wildman–Crippen MR) is 108 cm³/mol. The van der Waals surface area contributed by atoms with Crippen molar-refractivity contribution < 1.29 is 14.3 Å². The van der Waals surface area contributed by atoms with Gasteiger partial charge in [0.25, 0.3) is 0 Å². The molecule has 4 heteroatoms. The molecule has 0 bridgehead atoms. The molecule has 0 aromatic heterocycles. The highest BCUT2D eigenvalue weighted by atomic mass is 16.5. The largest absolute Gasteiger partial charge is 0.445 e. The van der Waals surface area contributed by atoms with Crippen LogP contribution >= 0.6 is 0 Å². The van der Waals surface area contributed by atoms with E-state index < -0.39 is 0 Å². The molecule has 1 atom stereocenters. The Balaban J connectivity index is 1.40. The molecule has 1 aromatic rings. The van der Waals surface area contributed by atoms with Gasteiger partial charge >= 0.3 is 6.09 Å². The zero-order valence-corrected chi connectivity index (χ0v) is 16.5. The SMILES string of the molecule is COCC1(CCCNC(=O)OCC2=CC=CCC2C)Cc2ccccc2C1. The normalized spacial score (nSPS) is 20.1. The number of ether oxygens (including phenoxy) is 2. The number of rotatable bonds is 8. The Morgan fingerprint density at radius 2 is 2.00 bits per heavy atom. The summed E-state index contributed by atoms with van der Waals surface area (Å²) >= 11 is 0. The summed E-state index contributed by atoms with van der Waals surface area (Å²) in [6.45, 7) is 3.92. The molecule has 0 saturated heterocycles. The van der Waals surface area contributed by atoms with Crippen LogP contribution in [0.2, 0.25) is 0 Å². The van der Waals surface area contributed by atoms with Gasteiger partial charge in [0.15, 0.2) is 0 Å². The molecule has 146 valence electrons. The van der Waals surface area contributed by atoms with Crippen LogP contribution in [-0.4, -0.2) is 33.0 Å². The Hall–Kier alpha value is -2.07. The van der Waals surface area contributed by atoms with Crippen LogP contribution in [0, 0.1) is 11.3 Å². The van der Waals surface area contributed by atoms with Gasteiger partial charge in [-0.15, -0.1) is 0 Å². The number of fused-ring (bicyclic) bond motifs is 1. The minimum absolute atomic E-state index is 0.151. The number of methoxy groups -OCH3 is 1. The van der Waals surface area contributed by atoms with E-state index in [1.165, 1.54) is 16.7 Å². The van der Waals surface area contributed by atoms with E-state index in [0.717, 1.165) is 38.7 Å². The average molecular weight is 370 g/mol. The fraction of sp³-hybridized carbons (Fsp3) is 0.522. The lowest BCUT2D eigenvalue weighted by molar-refractivity contribution is 0.0773. The van der Waals surface area contributed by atoms with Crippen LogP contribution in [0.15, 0.2) is 48.1 Å². The van der Waals surface area contributed by atoms with Gasteiger partial charge in [0.1, 0.15) is 6.61 Å². The molecule has 0 aliphatic heterocycles. The van der Waals surface area contributed by atoms with E-state index in [1.54, 1.807) is 7.11 Å². The molecule has 0 heterocycles. The van der Waals surface area contributed by atoms with E-state index in [-0.39, 0.29) is 11.5 Å². The van der Waals surface area contributed by atoms with Crippen molar-refractivity contribution in [2.45, 2.75) is 39.0 Å². The number of amides is 1. The Bertz CT molecular complexity index is 682. The monoisotopic (exact) mass is 369 g/mol. The Morgan fingerprint density at radius 1 is 1.26 bits per heavy atom. The lowest BCUT2D eigenvalue weighted by Gasteiger charge is -2.28. The Morgan fingerprint density at radius 3 is 2.67 bits per heavy atom. The zero-order chi connectivity index (χ0) is 19.1. The highest BCUT2D eigenvalue weighted by Crippen LogP contribution is 2.40. The number of carbonyl (C=O) groups excluding carboxylic acids is 1. The molecule has 1 aromatic carbocycles. The van der Waals surface area contributed by atoms with E-state index in [1.807, 2.05) is 12.2 Å². The first kappa shape index (κ1) is 19.7. The first-order valence-electron chi connectivity index (χ1n) is 9.94. The van der Waals surface area contributed by atoms with Crippen molar-refractivity contribution in [2.24, 2.45) is 11.3 Å². The van der Waals surface area contributed by atoms with E-state index >= 15 is 0 Å². The Kier molecular flexibility index (Phi) is 6.73. The van der Waals surface area contributed by atoms with Gasteiger partial charge in [-0.2, -0.15) is 0 Å². The summed E-state index contributed by atoms with van der Waals surface area (Å²) in [4.78, 5) is 12.0. The summed E-state index contributed by atoms with van der Waals surface area (Å²) in [5.74, 6) is 0.445. The summed E-state index contributed by atoms with van der Waals surface area (Å²) in [6, 6.07) is 8.66. The van der Waals surface area contributed by atoms with Crippen LogP contribution < -0.4 is 5.32 Å². The third-order valence-corrected chi connectivity index (χ3v) is 5.79. The van der Waals surface area contributed by atoms with Crippen molar-refractivity contribution in [3.05, 3.63) is 59.2 Å². The lowest BCUT2D eigenvalue weighted by atomic mass is 9.81. The third kappa shape index (κ3) is 5.23. The molecule has 0 saturated carbocycles. The lowest BCUT2D eigenvalue weighted by Crippen LogP contribution is -2.31. The summed E-state index contributed by atoms with van der Waals surface area (Å²) in [7, 11) is 1.77. The fourth-order valence-corrected chi connectivity index (χ4v) is 4.26. The highest BCUT2D eigenvalue weighted by molar-refractivity contribution is 5.67. The zero-order valence-electron chi connectivity index (χ0n) is 16.5. The van der Waals surface area contributed by atoms with Crippen LogP contribution in [0.25, 0.3) is 0 Å². The summed E-state index contributed by atoms with van der Waals surface area (Å²) in [5, 5.41) is 2.89. The summed E-state index contributed by atoms with van der Waals surface area (Å²) in [5.41, 5.74) is 4.20. The molecule has 27 heavy (non-hydrogen) atoms. The topological polar surface area (TPSA) is 47.6 Å². The van der Waals surface area contributed by atoms with E-state index in [0.29, 0.717) is 19.1 Å². The van der Waals surface area contributed by atoms with Gasteiger partial charge in [0.2, 0.25) is 0 Å². The molecule has 4 nitrogen and oxygen atoms in total. The molecule has 1 N–H and O–H groups in total. The van der Waals surface area contributed by atoms with Crippen LogP contribution in [0.5, 0.6) is 0 Å². The first-order valence-corrected chi connectivity index (χ1v) is 9.94. The molecular weight excluding hydrogens is 338 g/mol. The predicted octanol–water partition coefficient (Wildman–Crippen LogP) is 4.45. The van der Waals surface area contributed by atoms with Gasteiger partial charge in [0.05, 0.1) is 6.61 Å². The van der Waals surface area contributed by atoms with Crippen molar-refractivity contribution in [2.75, 3.05) is 26.9 Å². The van der Waals surface area contributed by atoms with Crippen LogP contribution in [0.3, 0.4) is 0 Å². The highest BCUT2D eigenvalue weighted by Gasteiger charge is 2.36. The maximum atomic E-state index is 12.0. The van der Waals surface area contributed by atoms with E-state index in [4.69, 9.17) is 9.47 Å². The number of nitrogens with one attached hydrogen (secondary N) is 1. The van der Waals surface area contributed by atoms with Crippen LogP contribution in [0.4, 0.5) is 4.79 Å². The number of benzene rings is 1. The maximum Gasteiger partial charge on any atom is 0.407 e. The van der Waals surface area contributed by atoms with Gasteiger partial charge < -0.3 is 14.8 Å². The molecule has 1 unspecified atom stereocenters. The smallest absolute Gasteiger partial charge is 0.407 e. The van der Waals surface area contributed by atoms with Crippen LogP contribution in [0.1, 0.15) is 37.3 Å². The molecule has 2 aliphatic carbocycles. The van der Waals surface area contributed by atoms with Gasteiger partial charge in [-0.05, 0) is 54.7 Å². The molecule has 0 spiro atoms. The molecule has 0 radical (unpaired) electrons. The maximum absolute atomic E-state index is 12.0. The molecule has 2 aliphatic rings. The number of hydrogen-bond donors (Lipinski definition) is 1.